The summed E-state index contributed by atoms with van der Waals surface area (Å²) in [7, 11) is -1.64. The standard InChI is InChI=1S/C15H21NO4S/c1-3-21(18,19)16-13-7-5-12(6-8-13)14(17)11-15(20-2)9-4-10-15/h5-8,16H,3-4,9-11H2,1-2H3. The van der Waals surface area contributed by atoms with Gasteiger partial charge in [0.15, 0.2) is 5.78 Å². The molecule has 5 nitrogen and oxygen atoms in total. The third kappa shape index (κ3) is 3.83. The maximum absolute atomic E-state index is 12.2. The Hall–Kier alpha value is -1.40. The van der Waals surface area contributed by atoms with Crippen molar-refractivity contribution < 1.29 is 17.9 Å². The molecule has 1 aliphatic carbocycles. The number of carbonyl (C=O) groups excluding carboxylic acids is 1. The number of rotatable bonds is 7. The Labute approximate surface area is 125 Å². The Morgan fingerprint density at radius 1 is 1.29 bits per heavy atom. The molecular weight excluding hydrogens is 290 g/mol. The molecule has 0 spiro atoms. The van der Waals surface area contributed by atoms with Crippen molar-refractivity contribution in [3.63, 3.8) is 0 Å². The van der Waals surface area contributed by atoms with Gasteiger partial charge in [0.2, 0.25) is 10.0 Å². The summed E-state index contributed by atoms with van der Waals surface area (Å²) in [6.07, 6.45) is 3.32. The first-order chi connectivity index (χ1) is 9.90. The molecule has 0 heterocycles. The van der Waals surface area contributed by atoms with Crippen molar-refractivity contribution in [2.75, 3.05) is 17.6 Å². The number of sulfonamides is 1. The minimum atomic E-state index is -3.29. The second-order valence-electron chi connectivity index (χ2n) is 5.42. The van der Waals surface area contributed by atoms with Crippen molar-refractivity contribution in [1.82, 2.24) is 0 Å². The van der Waals surface area contributed by atoms with Gasteiger partial charge in [-0.3, -0.25) is 9.52 Å². The SMILES string of the molecule is CCS(=O)(=O)Nc1ccc(C(=O)CC2(OC)CCC2)cc1. The molecule has 0 saturated heterocycles. The molecule has 0 bridgehead atoms. The normalized spacial score (nSPS) is 17.0. The van der Waals surface area contributed by atoms with E-state index in [2.05, 4.69) is 4.72 Å². The van der Waals surface area contributed by atoms with Crippen LogP contribution in [0.4, 0.5) is 5.69 Å². The fraction of sp³-hybridized carbons (Fsp3) is 0.533. The van der Waals surface area contributed by atoms with Crippen LogP contribution in [0, 0.1) is 0 Å². The van der Waals surface area contributed by atoms with Crippen molar-refractivity contribution in [3.05, 3.63) is 29.8 Å². The molecule has 1 aromatic carbocycles. The van der Waals surface area contributed by atoms with Crippen molar-refractivity contribution in [3.8, 4) is 0 Å². The van der Waals surface area contributed by atoms with Gasteiger partial charge in [-0.1, -0.05) is 0 Å². The van der Waals surface area contributed by atoms with E-state index in [9.17, 15) is 13.2 Å². The molecule has 0 unspecified atom stereocenters. The number of hydrogen-bond donors (Lipinski definition) is 1. The van der Waals surface area contributed by atoms with Gasteiger partial charge in [-0.15, -0.1) is 0 Å². The second kappa shape index (κ2) is 6.15. The number of anilines is 1. The Balaban J connectivity index is 2.03. The monoisotopic (exact) mass is 311 g/mol. The summed E-state index contributed by atoms with van der Waals surface area (Å²) < 4.78 is 30.8. The summed E-state index contributed by atoms with van der Waals surface area (Å²) >= 11 is 0. The maximum atomic E-state index is 12.2. The predicted octanol–water partition coefficient (Wildman–Crippen LogP) is 2.59. The largest absolute Gasteiger partial charge is 0.378 e. The molecule has 0 amide bonds. The highest BCUT2D eigenvalue weighted by Gasteiger charge is 2.39. The number of benzene rings is 1. The van der Waals surface area contributed by atoms with Gasteiger partial charge in [0.05, 0.1) is 11.4 Å². The quantitative estimate of drug-likeness (QED) is 0.786. The van der Waals surface area contributed by atoms with Gasteiger partial charge in [0.1, 0.15) is 0 Å². The van der Waals surface area contributed by atoms with Crippen LogP contribution >= 0.6 is 0 Å². The van der Waals surface area contributed by atoms with Crippen molar-refractivity contribution in [1.29, 1.82) is 0 Å². The second-order valence-corrected chi connectivity index (χ2v) is 7.43. The highest BCUT2D eigenvalue weighted by Crippen LogP contribution is 2.38. The van der Waals surface area contributed by atoms with E-state index in [-0.39, 0.29) is 17.1 Å². The first-order valence-corrected chi connectivity index (χ1v) is 8.74. The molecule has 1 aliphatic rings. The molecule has 0 atom stereocenters. The van der Waals surface area contributed by atoms with Gasteiger partial charge >= 0.3 is 0 Å². The molecule has 0 radical (unpaired) electrons. The van der Waals surface area contributed by atoms with Crippen LogP contribution in [0.15, 0.2) is 24.3 Å². The van der Waals surface area contributed by atoms with Gasteiger partial charge in [-0.25, -0.2) is 8.42 Å². The van der Waals surface area contributed by atoms with Gasteiger partial charge < -0.3 is 4.74 Å². The van der Waals surface area contributed by atoms with E-state index < -0.39 is 10.0 Å². The minimum absolute atomic E-state index is 0.0179. The Morgan fingerprint density at radius 3 is 2.33 bits per heavy atom. The van der Waals surface area contributed by atoms with Crippen LogP contribution in [0.2, 0.25) is 0 Å². The molecule has 0 aromatic heterocycles. The van der Waals surface area contributed by atoms with Gasteiger partial charge in [-0.2, -0.15) is 0 Å². The average molecular weight is 311 g/mol. The Morgan fingerprint density at radius 2 is 1.90 bits per heavy atom. The maximum Gasteiger partial charge on any atom is 0.232 e. The molecular formula is C15H21NO4S. The zero-order valence-corrected chi connectivity index (χ0v) is 13.2. The lowest BCUT2D eigenvalue weighted by atomic mass is 9.76. The zero-order valence-electron chi connectivity index (χ0n) is 12.4. The molecule has 1 aromatic rings. The Kier molecular flexibility index (Phi) is 4.68. The lowest BCUT2D eigenvalue weighted by Gasteiger charge is -2.40. The van der Waals surface area contributed by atoms with E-state index in [1.54, 1.807) is 38.3 Å². The van der Waals surface area contributed by atoms with E-state index in [4.69, 9.17) is 4.74 Å². The topological polar surface area (TPSA) is 72.5 Å². The number of nitrogens with one attached hydrogen (secondary N) is 1. The minimum Gasteiger partial charge on any atom is -0.378 e. The van der Waals surface area contributed by atoms with Crippen LogP contribution in [0.5, 0.6) is 0 Å². The summed E-state index contributed by atoms with van der Waals surface area (Å²) in [5, 5.41) is 0. The number of ether oxygens (including phenoxy) is 1. The number of methoxy groups -OCH3 is 1. The smallest absolute Gasteiger partial charge is 0.232 e. The van der Waals surface area contributed by atoms with E-state index in [1.807, 2.05) is 0 Å². The van der Waals surface area contributed by atoms with Crippen LogP contribution in [0.1, 0.15) is 43.0 Å². The summed E-state index contributed by atoms with van der Waals surface area (Å²) in [4.78, 5) is 12.2. The number of ketones is 1. The molecule has 1 saturated carbocycles. The lowest BCUT2D eigenvalue weighted by molar-refractivity contribution is -0.0704. The Bertz CT molecular complexity index is 598. The van der Waals surface area contributed by atoms with E-state index in [0.717, 1.165) is 19.3 Å². The number of carbonyl (C=O) groups is 1. The van der Waals surface area contributed by atoms with Gasteiger partial charge in [-0.05, 0) is 50.5 Å². The molecule has 6 heteroatoms. The van der Waals surface area contributed by atoms with Crippen molar-refractivity contribution in [2.24, 2.45) is 0 Å². The highest BCUT2D eigenvalue weighted by atomic mass is 32.2. The number of hydrogen-bond acceptors (Lipinski definition) is 4. The first-order valence-electron chi connectivity index (χ1n) is 7.09. The van der Waals surface area contributed by atoms with Crippen LogP contribution in [-0.2, 0) is 14.8 Å². The molecule has 1 fully saturated rings. The third-order valence-corrected chi connectivity index (χ3v) is 5.35. The van der Waals surface area contributed by atoms with Crippen molar-refractivity contribution >= 4 is 21.5 Å². The molecule has 2 rings (SSSR count). The zero-order chi connectivity index (χ0) is 15.5. The fourth-order valence-electron chi connectivity index (χ4n) is 2.39. The average Bonchev–Trinajstić information content (AvgIpc) is 2.43. The summed E-state index contributed by atoms with van der Waals surface area (Å²) in [6, 6.07) is 6.52. The van der Waals surface area contributed by atoms with Crippen LogP contribution in [0.25, 0.3) is 0 Å². The molecule has 1 N–H and O–H groups in total. The number of Topliss-reactive ketones (excluding diaryl/α,β-unsaturated/α-hetero) is 1. The fourth-order valence-corrected chi connectivity index (χ4v) is 3.03. The van der Waals surface area contributed by atoms with E-state index in [1.165, 1.54) is 0 Å². The van der Waals surface area contributed by atoms with E-state index >= 15 is 0 Å². The van der Waals surface area contributed by atoms with Crippen LogP contribution in [-0.4, -0.2) is 32.7 Å². The molecule has 116 valence electrons. The first kappa shape index (κ1) is 16.0. The molecule has 21 heavy (non-hydrogen) atoms. The van der Waals surface area contributed by atoms with Gasteiger partial charge in [0, 0.05) is 24.8 Å². The van der Waals surface area contributed by atoms with Crippen molar-refractivity contribution in [2.45, 2.75) is 38.2 Å². The summed E-state index contributed by atoms with van der Waals surface area (Å²) in [6.45, 7) is 1.57. The lowest BCUT2D eigenvalue weighted by Crippen LogP contribution is -2.41. The summed E-state index contributed by atoms with van der Waals surface area (Å²) in [5.74, 6) is 0.0470. The van der Waals surface area contributed by atoms with Gasteiger partial charge in [0.25, 0.3) is 0 Å². The van der Waals surface area contributed by atoms with Crippen LogP contribution < -0.4 is 4.72 Å². The van der Waals surface area contributed by atoms with E-state index in [0.29, 0.717) is 17.7 Å². The summed E-state index contributed by atoms with van der Waals surface area (Å²) in [5.41, 5.74) is 0.760. The van der Waals surface area contributed by atoms with Crippen LogP contribution in [0.3, 0.4) is 0 Å². The molecule has 0 aliphatic heterocycles. The predicted molar refractivity (Wildman–Crippen MR) is 82.1 cm³/mol. The highest BCUT2D eigenvalue weighted by molar-refractivity contribution is 7.92. The third-order valence-electron chi connectivity index (χ3n) is 4.04.